The zero-order valence-electron chi connectivity index (χ0n) is 15.9. The van der Waals surface area contributed by atoms with Gasteiger partial charge in [-0.1, -0.05) is 53.2 Å². The van der Waals surface area contributed by atoms with Crippen LogP contribution in [0.5, 0.6) is 0 Å². The Morgan fingerprint density at radius 1 is 1.26 bits per heavy atom. The molecule has 3 rings (SSSR count). The van der Waals surface area contributed by atoms with Crippen molar-refractivity contribution in [2.24, 2.45) is 11.1 Å². The number of carbonyl (C=O) groups is 1. The van der Waals surface area contributed by atoms with Crippen LogP contribution in [0, 0.1) is 19.8 Å². The van der Waals surface area contributed by atoms with Gasteiger partial charge in [0.25, 0.3) is 0 Å². The van der Waals surface area contributed by atoms with E-state index in [1.165, 1.54) is 16.7 Å². The third kappa shape index (κ3) is 4.95. The van der Waals surface area contributed by atoms with Gasteiger partial charge in [0.05, 0.1) is 12.1 Å². The fraction of sp³-hybridized carbons (Fsp3) is 0.364. The van der Waals surface area contributed by atoms with E-state index >= 15 is 0 Å². The van der Waals surface area contributed by atoms with Gasteiger partial charge < -0.3 is 9.94 Å². The molecule has 5 nitrogen and oxygen atoms in total. The van der Waals surface area contributed by atoms with Crippen molar-refractivity contribution in [2.45, 2.75) is 20.3 Å². The van der Waals surface area contributed by atoms with Gasteiger partial charge >= 0.3 is 5.97 Å². The average Bonchev–Trinajstić information content (AvgIpc) is 3.11. The number of aryl methyl sites for hydroxylation is 2. The van der Waals surface area contributed by atoms with E-state index in [-0.39, 0.29) is 5.92 Å². The minimum Gasteiger partial charge on any atom is -0.481 e. The van der Waals surface area contributed by atoms with Gasteiger partial charge in [-0.25, -0.2) is 0 Å². The van der Waals surface area contributed by atoms with Crippen LogP contribution >= 0.6 is 0 Å². The lowest BCUT2D eigenvalue weighted by Gasteiger charge is -2.13. The van der Waals surface area contributed by atoms with Crippen LogP contribution in [0.3, 0.4) is 0 Å². The van der Waals surface area contributed by atoms with Crippen molar-refractivity contribution >= 4 is 12.2 Å². The summed E-state index contributed by atoms with van der Waals surface area (Å²) in [5.41, 5.74) is 5.82. The zero-order chi connectivity index (χ0) is 19.2. The van der Waals surface area contributed by atoms with Crippen LogP contribution in [0.25, 0.3) is 11.1 Å². The third-order valence-electron chi connectivity index (χ3n) is 5.02. The van der Waals surface area contributed by atoms with Crippen LogP contribution in [-0.4, -0.2) is 48.4 Å². The predicted molar refractivity (Wildman–Crippen MR) is 107 cm³/mol. The van der Waals surface area contributed by atoms with Crippen molar-refractivity contribution in [2.75, 3.05) is 26.2 Å². The number of likely N-dealkylation sites (tertiary alicyclic amines) is 1. The highest BCUT2D eigenvalue weighted by molar-refractivity contribution is 5.90. The number of rotatable bonds is 7. The van der Waals surface area contributed by atoms with Gasteiger partial charge in [-0.3, -0.25) is 9.69 Å². The molecule has 5 heteroatoms. The average molecular weight is 366 g/mol. The molecule has 1 fully saturated rings. The summed E-state index contributed by atoms with van der Waals surface area (Å²) in [6.07, 6.45) is 2.46. The normalized spacial score (nSPS) is 17.5. The quantitative estimate of drug-likeness (QED) is 0.461. The monoisotopic (exact) mass is 366 g/mol. The van der Waals surface area contributed by atoms with Gasteiger partial charge in [-0.15, -0.1) is 0 Å². The maximum absolute atomic E-state index is 11.0. The van der Waals surface area contributed by atoms with E-state index in [4.69, 9.17) is 9.94 Å². The second-order valence-corrected chi connectivity index (χ2v) is 7.10. The summed E-state index contributed by atoms with van der Waals surface area (Å²) >= 11 is 0. The first-order valence-electron chi connectivity index (χ1n) is 9.32. The van der Waals surface area contributed by atoms with Crippen LogP contribution in [0.15, 0.2) is 47.6 Å². The first-order valence-corrected chi connectivity index (χ1v) is 9.32. The molecule has 0 aromatic heterocycles. The van der Waals surface area contributed by atoms with Crippen molar-refractivity contribution in [1.29, 1.82) is 0 Å². The molecule has 1 aliphatic heterocycles. The Bertz CT molecular complexity index is 832. The Morgan fingerprint density at radius 2 is 2.07 bits per heavy atom. The summed E-state index contributed by atoms with van der Waals surface area (Å²) in [6, 6.07) is 14.6. The minimum absolute atomic E-state index is 0.252. The Balaban J connectivity index is 1.57. The molecule has 1 heterocycles. The molecule has 0 spiro atoms. The number of benzene rings is 2. The highest BCUT2D eigenvalue weighted by Crippen LogP contribution is 2.26. The van der Waals surface area contributed by atoms with Crippen LogP contribution in [0.2, 0.25) is 0 Å². The lowest BCUT2D eigenvalue weighted by molar-refractivity contribution is -0.141. The molecule has 27 heavy (non-hydrogen) atoms. The van der Waals surface area contributed by atoms with Crippen molar-refractivity contribution in [3.63, 3.8) is 0 Å². The third-order valence-corrected chi connectivity index (χ3v) is 5.02. The second kappa shape index (κ2) is 8.82. The summed E-state index contributed by atoms with van der Waals surface area (Å²) in [4.78, 5) is 18.5. The maximum Gasteiger partial charge on any atom is 0.307 e. The second-order valence-electron chi connectivity index (χ2n) is 7.10. The van der Waals surface area contributed by atoms with Crippen molar-refractivity contribution < 1.29 is 14.7 Å². The van der Waals surface area contributed by atoms with Gasteiger partial charge in [0, 0.05) is 18.7 Å². The molecule has 0 saturated carbocycles. The van der Waals surface area contributed by atoms with Crippen LogP contribution in [0.1, 0.15) is 23.1 Å². The topological polar surface area (TPSA) is 62.1 Å². The molecule has 2 aromatic carbocycles. The number of hydrogen-bond acceptors (Lipinski definition) is 4. The Morgan fingerprint density at radius 3 is 2.81 bits per heavy atom. The number of carboxylic acid groups (broad SMARTS) is 1. The number of hydrogen-bond donors (Lipinski definition) is 1. The van der Waals surface area contributed by atoms with E-state index in [0.717, 1.165) is 17.7 Å². The Hall–Kier alpha value is -2.66. The predicted octanol–water partition coefficient (Wildman–Crippen LogP) is 3.73. The lowest BCUT2D eigenvalue weighted by Crippen LogP contribution is -2.26. The molecule has 1 unspecified atom stereocenters. The van der Waals surface area contributed by atoms with Crippen LogP contribution in [0.4, 0.5) is 0 Å². The van der Waals surface area contributed by atoms with Crippen LogP contribution < -0.4 is 0 Å². The standard InChI is InChI=1S/C22H26N2O3/c1-16-7-8-20(17(2)13-16)21-6-4-3-5-18(21)14-23-27-12-11-24-10-9-19(15-24)22(25)26/h3-8,13-14,19H,9-12,15H2,1-2H3,(H,25,26)/b23-14+. The van der Waals surface area contributed by atoms with Gasteiger partial charge in [-0.05, 0) is 43.5 Å². The summed E-state index contributed by atoms with van der Waals surface area (Å²) < 4.78 is 0. The molecule has 0 radical (unpaired) electrons. The zero-order valence-corrected chi connectivity index (χ0v) is 15.9. The maximum atomic E-state index is 11.0. The van der Waals surface area contributed by atoms with E-state index in [2.05, 4.69) is 48.2 Å². The number of oxime groups is 1. The molecule has 1 aliphatic rings. The molecule has 142 valence electrons. The SMILES string of the molecule is Cc1ccc(-c2ccccc2/C=N/OCCN2CCC(C(=O)O)C2)c(C)c1. The fourth-order valence-corrected chi connectivity index (χ4v) is 3.52. The minimum atomic E-state index is -0.709. The van der Waals surface area contributed by atoms with Gasteiger partial charge in [0.15, 0.2) is 0 Å². The van der Waals surface area contributed by atoms with E-state index in [1.54, 1.807) is 6.21 Å². The summed E-state index contributed by atoms with van der Waals surface area (Å²) in [6.45, 7) is 6.76. The summed E-state index contributed by atoms with van der Waals surface area (Å²) in [7, 11) is 0. The van der Waals surface area contributed by atoms with Crippen molar-refractivity contribution in [3.8, 4) is 11.1 Å². The van der Waals surface area contributed by atoms with Crippen molar-refractivity contribution in [1.82, 2.24) is 4.90 Å². The van der Waals surface area contributed by atoms with Gasteiger partial charge in [0.2, 0.25) is 0 Å². The number of aliphatic carboxylic acids is 1. The lowest BCUT2D eigenvalue weighted by atomic mass is 9.95. The molecule has 1 N–H and O–H groups in total. The van der Waals surface area contributed by atoms with E-state index < -0.39 is 5.97 Å². The fourth-order valence-electron chi connectivity index (χ4n) is 3.52. The molecule has 2 aromatic rings. The molecule has 1 saturated heterocycles. The molecule has 0 amide bonds. The highest BCUT2D eigenvalue weighted by Gasteiger charge is 2.27. The van der Waals surface area contributed by atoms with Crippen LogP contribution in [-0.2, 0) is 9.63 Å². The molecular formula is C22H26N2O3. The first-order chi connectivity index (χ1) is 13.0. The van der Waals surface area contributed by atoms with E-state index in [0.29, 0.717) is 26.1 Å². The molecule has 0 bridgehead atoms. The number of carboxylic acids is 1. The Kier molecular flexibility index (Phi) is 6.24. The smallest absolute Gasteiger partial charge is 0.307 e. The summed E-state index contributed by atoms with van der Waals surface area (Å²) in [5, 5.41) is 13.2. The summed E-state index contributed by atoms with van der Waals surface area (Å²) in [5.74, 6) is -0.961. The van der Waals surface area contributed by atoms with E-state index in [1.807, 2.05) is 18.2 Å². The Labute approximate surface area is 160 Å². The largest absolute Gasteiger partial charge is 0.481 e. The van der Waals surface area contributed by atoms with Gasteiger partial charge in [0.1, 0.15) is 6.61 Å². The molecule has 1 atom stereocenters. The molecular weight excluding hydrogens is 340 g/mol. The van der Waals surface area contributed by atoms with Crippen molar-refractivity contribution in [3.05, 3.63) is 59.2 Å². The highest BCUT2D eigenvalue weighted by atomic mass is 16.6. The number of nitrogens with zero attached hydrogens (tertiary/aromatic N) is 2. The molecule has 0 aliphatic carbocycles. The first kappa shape index (κ1) is 19.1. The van der Waals surface area contributed by atoms with Gasteiger partial charge in [-0.2, -0.15) is 0 Å². The van der Waals surface area contributed by atoms with E-state index in [9.17, 15) is 4.79 Å².